The maximum Gasteiger partial charge on any atom is 0.303 e. The molecule has 1 unspecified atom stereocenters. The van der Waals surface area contributed by atoms with Crippen LogP contribution in [0.5, 0.6) is 0 Å². The Labute approximate surface area is 126 Å². The number of hydrogen-bond donors (Lipinski definition) is 1. The highest BCUT2D eigenvalue weighted by molar-refractivity contribution is 5.67. The first-order chi connectivity index (χ1) is 9.85. The van der Waals surface area contributed by atoms with Gasteiger partial charge in [-0.15, -0.1) is 0 Å². The third-order valence-corrected chi connectivity index (χ3v) is 4.39. The Morgan fingerprint density at radius 3 is 2.90 bits per heavy atom. The van der Waals surface area contributed by atoms with Crippen molar-refractivity contribution < 1.29 is 9.90 Å². The third-order valence-electron chi connectivity index (χ3n) is 4.39. The molecule has 1 aliphatic rings. The normalized spacial score (nSPS) is 20.6. The van der Waals surface area contributed by atoms with Gasteiger partial charge in [-0.25, -0.2) is 0 Å². The average Bonchev–Trinajstić information content (AvgIpc) is 2.82. The zero-order valence-electron chi connectivity index (χ0n) is 13.4. The summed E-state index contributed by atoms with van der Waals surface area (Å²) in [6.45, 7) is 7.22. The summed E-state index contributed by atoms with van der Waals surface area (Å²) in [6.07, 6.45) is 5.57. The van der Waals surface area contributed by atoms with Crippen molar-refractivity contribution in [2.75, 3.05) is 19.6 Å². The Hall–Kier alpha value is -1.36. The monoisotopic (exact) mass is 293 g/mol. The number of hydrogen-bond acceptors (Lipinski definition) is 3. The number of piperidine rings is 1. The molecule has 0 spiro atoms. The minimum Gasteiger partial charge on any atom is -0.481 e. The number of nitrogens with zero attached hydrogens (tertiary/aromatic N) is 3. The lowest BCUT2D eigenvalue weighted by Crippen LogP contribution is -2.37. The van der Waals surface area contributed by atoms with Crippen molar-refractivity contribution in [2.45, 2.75) is 45.4 Å². The van der Waals surface area contributed by atoms with Gasteiger partial charge in [0, 0.05) is 25.7 Å². The van der Waals surface area contributed by atoms with E-state index in [1.165, 1.54) is 18.5 Å². The lowest BCUT2D eigenvalue weighted by Gasteiger charge is -2.34. The lowest BCUT2D eigenvalue weighted by molar-refractivity contribution is -0.139. The molecular formula is C16H27N3O2. The van der Waals surface area contributed by atoms with E-state index in [0.717, 1.165) is 26.1 Å². The molecule has 1 N–H and O–H groups in total. The minimum absolute atomic E-state index is 0.135. The molecule has 1 atom stereocenters. The Kier molecular flexibility index (Phi) is 5.04. The van der Waals surface area contributed by atoms with Crippen LogP contribution in [0.1, 0.15) is 51.1 Å². The van der Waals surface area contributed by atoms with Crippen LogP contribution in [0.4, 0.5) is 0 Å². The van der Waals surface area contributed by atoms with E-state index in [4.69, 9.17) is 5.11 Å². The summed E-state index contributed by atoms with van der Waals surface area (Å²) in [6, 6.07) is 2.11. The van der Waals surface area contributed by atoms with Crippen LogP contribution in [-0.2, 0) is 11.8 Å². The highest BCUT2D eigenvalue weighted by Gasteiger charge is 2.26. The molecule has 0 amide bonds. The van der Waals surface area contributed by atoms with Gasteiger partial charge in [-0.2, -0.15) is 5.10 Å². The Bertz CT molecular complexity index is 482. The van der Waals surface area contributed by atoms with Crippen LogP contribution in [0, 0.1) is 5.41 Å². The van der Waals surface area contributed by atoms with Crippen LogP contribution >= 0.6 is 0 Å². The highest BCUT2D eigenvalue weighted by Crippen LogP contribution is 2.29. The van der Waals surface area contributed by atoms with E-state index in [-0.39, 0.29) is 11.8 Å². The van der Waals surface area contributed by atoms with Gasteiger partial charge in [-0.3, -0.25) is 9.48 Å². The SMILES string of the molecule is Cn1ccc(C2CCCN(CCC(C)(C)CC(=O)O)C2)n1. The van der Waals surface area contributed by atoms with Crippen LogP contribution in [0.2, 0.25) is 0 Å². The Morgan fingerprint density at radius 2 is 2.29 bits per heavy atom. The van der Waals surface area contributed by atoms with Gasteiger partial charge >= 0.3 is 5.97 Å². The summed E-state index contributed by atoms with van der Waals surface area (Å²) in [5, 5.41) is 13.5. The van der Waals surface area contributed by atoms with Crippen molar-refractivity contribution in [1.29, 1.82) is 0 Å². The van der Waals surface area contributed by atoms with Crippen molar-refractivity contribution in [2.24, 2.45) is 12.5 Å². The number of aromatic nitrogens is 2. The van der Waals surface area contributed by atoms with Crippen LogP contribution in [0.25, 0.3) is 0 Å². The fourth-order valence-electron chi connectivity index (χ4n) is 3.11. The first-order valence-electron chi connectivity index (χ1n) is 7.79. The van der Waals surface area contributed by atoms with Gasteiger partial charge < -0.3 is 10.0 Å². The Balaban J connectivity index is 1.85. The molecule has 2 rings (SSSR count). The molecule has 1 aromatic rings. The molecule has 0 radical (unpaired) electrons. The summed E-state index contributed by atoms with van der Waals surface area (Å²) in [4.78, 5) is 13.3. The molecule has 0 aromatic carbocycles. The van der Waals surface area contributed by atoms with Gasteiger partial charge in [0.2, 0.25) is 0 Å². The zero-order chi connectivity index (χ0) is 15.5. The van der Waals surface area contributed by atoms with Gasteiger partial charge in [0.15, 0.2) is 0 Å². The fourth-order valence-corrected chi connectivity index (χ4v) is 3.11. The first-order valence-corrected chi connectivity index (χ1v) is 7.79. The van der Waals surface area contributed by atoms with E-state index in [1.54, 1.807) is 0 Å². The topological polar surface area (TPSA) is 58.4 Å². The number of carboxylic acid groups (broad SMARTS) is 1. The van der Waals surface area contributed by atoms with E-state index in [1.807, 2.05) is 31.8 Å². The van der Waals surface area contributed by atoms with Crippen molar-refractivity contribution in [3.8, 4) is 0 Å². The molecule has 21 heavy (non-hydrogen) atoms. The Morgan fingerprint density at radius 1 is 1.52 bits per heavy atom. The number of aliphatic carboxylic acids is 1. The smallest absolute Gasteiger partial charge is 0.303 e. The van der Waals surface area contributed by atoms with E-state index >= 15 is 0 Å². The second-order valence-electron chi connectivity index (χ2n) is 7.04. The molecule has 1 aromatic heterocycles. The van der Waals surface area contributed by atoms with Gasteiger partial charge in [0.1, 0.15) is 0 Å². The van der Waals surface area contributed by atoms with Crippen LogP contribution < -0.4 is 0 Å². The molecule has 1 aliphatic heterocycles. The molecule has 1 saturated heterocycles. The molecule has 118 valence electrons. The average molecular weight is 293 g/mol. The van der Waals surface area contributed by atoms with Crippen LogP contribution in [0.3, 0.4) is 0 Å². The molecule has 0 bridgehead atoms. The number of carbonyl (C=O) groups is 1. The molecule has 5 heteroatoms. The predicted molar refractivity (Wildman–Crippen MR) is 82.3 cm³/mol. The van der Waals surface area contributed by atoms with Crippen molar-refractivity contribution in [1.82, 2.24) is 14.7 Å². The second-order valence-corrected chi connectivity index (χ2v) is 7.04. The third kappa shape index (κ3) is 4.84. The number of rotatable bonds is 6. The number of aryl methyl sites for hydroxylation is 1. The standard InChI is InChI=1S/C16H27N3O2/c1-16(2,11-15(20)21)7-10-19-8-4-5-13(12-19)14-6-9-18(3)17-14/h6,9,13H,4-5,7-8,10-12H2,1-3H3,(H,20,21). The molecule has 0 saturated carbocycles. The predicted octanol–water partition coefficient (Wildman–Crippen LogP) is 2.49. The van der Waals surface area contributed by atoms with Gasteiger partial charge in [0.05, 0.1) is 12.1 Å². The summed E-state index contributed by atoms with van der Waals surface area (Å²) in [5.41, 5.74) is 1.05. The largest absolute Gasteiger partial charge is 0.481 e. The maximum absolute atomic E-state index is 10.9. The fraction of sp³-hybridized carbons (Fsp3) is 0.750. The molecule has 5 nitrogen and oxygen atoms in total. The molecular weight excluding hydrogens is 266 g/mol. The van der Waals surface area contributed by atoms with Gasteiger partial charge in [-0.1, -0.05) is 13.8 Å². The minimum atomic E-state index is -0.704. The van der Waals surface area contributed by atoms with Crippen molar-refractivity contribution in [3.05, 3.63) is 18.0 Å². The second kappa shape index (κ2) is 6.60. The molecule has 0 aliphatic carbocycles. The van der Waals surface area contributed by atoms with E-state index < -0.39 is 5.97 Å². The number of likely N-dealkylation sites (tertiary alicyclic amines) is 1. The van der Waals surface area contributed by atoms with E-state index in [9.17, 15) is 4.79 Å². The molecule has 1 fully saturated rings. The first kappa shape index (κ1) is 16.0. The van der Waals surface area contributed by atoms with Gasteiger partial charge in [-0.05, 0) is 43.8 Å². The van der Waals surface area contributed by atoms with Crippen molar-refractivity contribution >= 4 is 5.97 Å². The van der Waals surface area contributed by atoms with E-state index in [2.05, 4.69) is 16.1 Å². The molecule has 2 heterocycles. The summed E-state index contributed by atoms with van der Waals surface area (Å²) >= 11 is 0. The summed E-state index contributed by atoms with van der Waals surface area (Å²) < 4.78 is 1.87. The summed E-state index contributed by atoms with van der Waals surface area (Å²) in [7, 11) is 1.96. The highest BCUT2D eigenvalue weighted by atomic mass is 16.4. The quantitative estimate of drug-likeness (QED) is 0.875. The zero-order valence-corrected chi connectivity index (χ0v) is 13.4. The van der Waals surface area contributed by atoms with Crippen LogP contribution in [0.15, 0.2) is 12.3 Å². The van der Waals surface area contributed by atoms with E-state index in [0.29, 0.717) is 5.92 Å². The number of carboxylic acids is 1. The lowest BCUT2D eigenvalue weighted by atomic mass is 9.85. The van der Waals surface area contributed by atoms with Crippen LogP contribution in [-0.4, -0.2) is 45.4 Å². The summed E-state index contributed by atoms with van der Waals surface area (Å²) in [5.74, 6) is -0.187. The maximum atomic E-state index is 10.9. The van der Waals surface area contributed by atoms with Crippen molar-refractivity contribution in [3.63, 3.8) is 0 Å². The van der Waals surface area contributed by atoms with Gasteiger partial charge in [0.25, 0.3) is 0 Å².